The van der Waals surface area contributed by atoms with Gasteiger partial charge in [-0.15, -0.1) is 11.8 Å². The minimum atomic E-state index is -0.643. The average Bonchev–Trinajstić information content (AvgIpc) is 2.82. The summed E-state index contributed by atoms with van der Waals surface area (Å²) in [6.45, 7) is 2.03. The van der Waals surface area contributed by atoms with Crippen molar-refractivity contribution in [3.8, 4) is 0 Å². The Labute approximate surface area is 215 Å². The summed E-state index contributed by atoms with van der Waals surface area (Å²) in [6, 6.07) is 11.2. The van der Waals surface area contributed by atoms with E-state index < -0.39 is 6.04 Å². The highest BCUT2D eigenvalue weighted by Crippen LogP contribution is 2.28. The van der Waals surface area contributed by atoms with Gasteiger partial charge in [-0.05, 0) is 43.0 Å². The zero-order valence-corrected chi connectivity index (χ0v) is 21.7. The highest BCUT2D eigenvalue weighted by molar-refractivity contribution is 7.99. The number of carbonyl (C=O) groups is 2. The zero-order valence-electron chi connectivity index (χ0n) is 19.4. The molecular formula is C26H31Cl2FN2O2S. The quantitative estimate of drug-likeness (QED) is 0.379. The third-order valence-corrected chi connectivity index (χ3v) is 7.84. The number of amides is 2. The molecule has 2 amide bonds. The van der Waals surface area contributed by atoms with Crippen molar-refractivity contribution in [2.75, 3.05) is 5.75 Å². The molecule has 34 heavy (non-hydrogen) atoms. The molecule has 1 atom stereocenters. The Morgan fingerprint density at radius 2 is 1.76 bits per heavy atom. The van der Waals surface area contributed by atoms with E-state index >= 15 is 0 Å². The molecule has 1 N–H and O–H groups in total. The molecule has 8 heteroatoms. The SMILES string of the molecule is CC[C@H](C(=O)NC1CCCCC1)N(Cc1c(Cl)cccc1Cl)C(=O)CSCc1ccccc1F. The fourth-order valence-corrected chi connectivity index (χ4v) is 5.68. The highest BCUT2D eigenvalue weighted by Gasteiger charge is 2.31. The van der Waals surface area contributed by atoms with Gasteiger partial charge in [-0.25, -0.2) is 4.39 Å². The van der Waals surface area contributed by atoms with E-state index in [-0.39, 0.29) is 36.0 Å². The number of benzene rings is 2. The van der Waals surface area contributed by atoms with Crippen LogP contribution in [-0.2, 0) is 21.9 Å². The molecule has 0 saturated heterocycles. The van der Waals surface area contributed by atoms with Crippen LogP contribution >= 0.6 is 35.0 Å². The van der Waals surface area contributed by atoms with E-state index in [2.05, 4.69) is 5.32 Å². The molecule has 0 unspecified atom stereocenters. The van der Waals surface area contributed by atoms with Crippen LogP contribution in [0.5, 0.6) is 0 Å². The number of thioether (sulfide) groups is 1. The first kappa shape index (κ1) is 26.8. The van der Waals surface area contributed by atoms with E-state index in [0.29, 0.717) is 33.3 Å². The van der Waals surface area contributed by atoms with Gasteiger partial charge in [-0.3, -0.25) is 9.59 Å². The van der Waals surface area contributed by atoms with E-state index in [9.17, 15) is 14.0 Å². The Hall–Kier alpha value is -1.76. The van der Waals surface area contributed by atoms with Crippen molar-refractivity contribution in [2.24, 2.45) is 0 Å². The Bertz CT molecular complexity index is 965. The largest absolute Gasteiger partial charge is 0.352 e. The maximum Gasteiger partial charge on any atom is 0.243 e. The number of halogens is 3. The molecule has 0 bridgehead atoms. The average molecular weight is 526 g/mol. The lowest BCUT2D eigenvalue weighted by Gasteiger charge is -2.33. The lowest BCUT2D eigenvalue weighted by Crippen LogP contribution is -2.52. The van der Waals surface area contributed by atoms with Crippen LogP contribution in [0.2, 0.25) is 10.0 Å². The monoisotopic (exact) mass is 524 g/mol. The van der Waals surface area contributed by atoms with Gasteiger partial charge in [0.15, 0.2) is 0 Å². The predicted molar refractivity (Wildman–Crippen MR) is 139 cm³/mol. The number of nitrogens with zero attached hydrogens (tertiary/aromatic N) is 1. The van der Waals surface area contributed by atoms with Crippen molar-refractivity contribution in [2.45, 2.75) is 69.8 Å². The molecular weight excluding hydrogens is 494 g/mol. The maximum absolute atomic E-state index is 14.0. The summed E-state index contributed by atoms with van der Waals surface area (Å²) >= 11 is 14.1. The molecule has 4 nitrogen and oxygen atoms in total. The van der Waals surface area contributed by atoms with Crippen LogP contribution in [0.15, 0.2) is 42.5 Å². The summed E-state index contributed by atoms with van der Waals surface area (Å²) in [5, 5.41) is 4.06. The molecule has 1 aliphatic carbocycles. The second-order valence-electron chi connectivity index (χ2n) is 8.57. The molecule has 1 saturated carbocycles. The first-order valence-corrected chi connectivity index (χ1v) is 13.7. The summed E-state index contributed by atoms with van der Waals surface area (Å²) in [5.74, 6) is -0.165. The lowest BCUT2D eigenvalue weighted by atomic mass is 9.95. The second-order valence-corrected chi connectivity index (χ2v) is 10.4. The minimum absolute atomic E-state index is 0.115. The van der Waals surface area contributed by atoms with Gasteiger partial charge < -0.3 is 10.2 Å². The van der Waals surface area contributed by atoms with Crippen LogP contribution in [0.4, 0.5) is 4.39 Å². The maximum atomic E-state index is 14.0. The van der Waals surface area contributed by atoms with Gasteiger partial charge in [-0.1, -0.05) is 73.7 Å². The second kappa shape index (κ2) is 13.4. The number of carbonyl (C=O) groups excluding carboxylic acids is 2. The summed E-state index contributed by atoms with van der Waals surface area (Å²) in [4.78, 5) is 28.2. The Morgan fingerprint density at radius 3 is 2.41 bits per heavy atom. The van der Waals surface area contributed by atoms with Gasteiger partial charge in [0.2, 0.25) is 11.8 Å². The summed E-state index contributed by atoms with van der Waals surface area (Å²) in [6.07, 6.45) is 5.79. The Kier molecular flexibility index (Phi) is 10.5. The van der Waals surface area contributed by atoms with E-state index in [4.69, 9.17) is 23.2 Å². The Morgan fingerprint density at radius 1 is 1.09 bits per heavy atom. The van der Waals surface area contributed by atoms with Gasteiger partial charge >= 0.3 is 0 Å². The van der Waals surface area contributed by atoms with E-state index in [1.807, 2.05) is 6.92 Å². The van der Waals surface area contributed by atoms with Crippen LogP contribution in [0.3, 0.4) is 0 Å². The van der Waals surface area contributed by atoms with Crippen molar-refractivity contribution in [1.29, 1.82) is 0 Å². The molecule has 2 aromatic carbocycles. The predicted octanol–water partition coefficient (Wildman–Crippen LogP) is 6.62. The van der Waals surface area contributed by atoms with Crippen LogP contribution in [-0.4, -0.2) is 34.6 Å². The summed E-state index contributed by atoms with van der Waals surface area (Å²) in [5.41, 5.74) is 1.16. The highest BCUT2D eigenvalue weighted by atomic mass is 35.5. The lowest BCUT2D eigenvalue weighted by molar-refractivity contribution is -0.139. The first-order valence-electron chi connectivity index (χ1n) is 11.7. The number of rotatable bonds is 10. The minimum Gasteiger partial charge on any atom is -0.352 e. The van der Waals surface area contributed by atoms with E-state index in [1.54, 1.807) is 41.3 Å². The topological polar surface area (TPSA) is 49.4 Å². The summed E-state index contributed by atoms with van der Waals surface area (Å²) < 4.78 is 14.0. The number of hydrogen-bond acceptors (Lipinski definition) is 3. The third kappa shape index (κ3) is 7.37. The standard InChI is InChI=1S/C26H31Cl2FN2O2S/c1-2-24(26(33)30-19-10-4-3-5-11-19)31(15-20-21(27)12-8-13-22(20)28)25(32)17-34-16-18-9-6-7-14-23(18)29/h6-9,12-14,19,24H,2-5,10-11,15-17H2,1H3,(H,30,33)/t24-/m1/s1. The molecule has 0 aromatic heterocycles. The smallest absolute Gasteiger partial charge is 0.243 e. The molecule has 1 fully saturated rings. The van der Waals surface area contributed by atoms with E-state index in [1.165, 1.54) is 24.2 Å². The molecule has 3 rings (SSSR count). The van der Waals surface area contributed by atoms with Gasteiger partial charge in [0.1, 0.15) is 11.9 Å². The molecule has 0 spiro atoms. The molecule has 0 aliphatic heterocycles. The molecule has 184 valence electrons. The van der Waals surface area contributed by atoms with Gasteiger partial charge in [0, 0.05) is 33.9 Å². The molecule has 1 aliphatic rings. The van der Waals surface area contributed by atoms with Crippen molar-refractivity contribution < 1.29 is 14.0 Å². The van der Waals surface area contributed by atoms with Crippen molar-refractivity contribution in [3.63, 3.8) is 0 Å². The summed E-state index contributed by atoms with van der Waals surface area (Å²) in [7, 11) is 0. The molecule has 0 radical (unpaired) electrons. The third-order valence-electron chi connectivity index (χ3n) is 6.17. The molecule has 0 heterocycles. The van der Waals surface area contributed by atoms with Crippen molar-refractivity contribution in [1.82, 2.24) is 10.2 Å². The normalized spacial score (nSPS) is 15.1. The van der Waals surface area contributed by atoms with Gasteiger partial charge in [0.25, 0.3) is 0 Å². The molecule has 2 aromatic rings. The van der Waals surface area contributed by atoms with Crippen LogP contribution < -0.4 is 5.32 Å². The van der Waals surface area contributed by atoms with Crippen LogP contribution in [0.25, 0.3) is 0 Å². The van der Waals surface area contributed by atoms with Crippen molar-refractivity contribution in [3.05, 3.63) is 69.5 Å². The van der Waals surface area contributed by atoms with Crippen LogP contribution in [0, 0.1) is 5.82 Å². The number of hydrogen-bond donors (Lipinski definition) is 1. The van der Waals surface area contributed by atoms with Crippen molar-refractivity contribution >= 4 is 46.8 Å². The first-order chi connectivity index (χ1) is 16.4. The van der Waals surface area contributed by atoms with Gasteiger partial charge in [-0.2, -0.15) is 0 Å². The van der Waals surface area contributed by atoms with Crippen LogP contribution in [0.1, 0.15) is 56.6 Å². The fraction of sp³-hybridized carbons (Fsp3) is 0.462. The Balaban J connectivity index is 1.76. The van der Waals surface area contributed by atoms with Gasteiger partial charge in [0.05, 0.1) is 5.75 Å². The fourth-order valence-electron chi connectivity index (χ4n) is 4.26. The van der Waals surface area contributed by atoms with E-state index in [0.717, 1.165) is 25.7 Å². The number of nitrogens with one attached hydrogen (secondary N) is 1. The zero-order chi connectivity index (χ0) is 24.5.